The van der Waals surface area contributed by atoms with Crippen LogP contribution >= 0.6 is 0 Å². The summed E-state index contributed by atoms with van der Waals surface area (Å²) in [5.74, 6) is -0.438. The average molecular weight is 288 g/mol. The predicted octanol–water partition coefficient (Wildman–Crippen LogP) is -0.459. The van der Waals surface area contributed by atoms with Gasteiger partial charge in [-0.2, -0.15) is 0 Å². The second kappa shape index (κ2) is 6.34. The van der Waals surface area contributed by atoms with Gasteiger partial charge in [0.2, 0.25) is 10.0 Å². The zero-order valence-electron chi connectivity index (χ0n) is 10.4. The smallest absolute Gasteiger partial charge is 0.341 e. The number of nitrogens with one attached hydrogen (secondary N) is 1. The molecule has 5 N–H and O–H groups in total. The van der Waals surface area contributed by atoms with E-state index in [1.54, 1.807) is 0 Å². The second-order valence-corrected chi connectivity index (χ2v) is 5.54. The molecule has 0 aromatic carbocycles. The van der Waals surface area contributed by atoms with Crippen LogP contribution in [0.4, 0.5) is 11.5 Å². The van der Waals surface area contributed by atoms with Crippen molar-refractivity contribution in [2.75, 3.05) is 30.5 Å². The minimum absolute atomic E-state index is 0.150. The Labute approximate surface area is 111 Å². The van der Waals surface area contributed by atoms with Crippen molar-refractivity contribution < 1.29 is 17.9 Å². The number of rotatable bonds is 6. The number of pyridine rings is 1. The molecule has 0 unspecified atom stereocenters. The maximum absolute atomic E-state index is 11.5. The fourth-order valence-electron chi connectivity index (χ4n) is 1.37. The first kappa shape index (κ1) is 15.2. The molecule has 0 radical (unpaired) electrons. The molecular formula is C10H16N4O4S. The first-order valence-electron chi connectivity index (χ1n) is 5.41. The lowest BCUT2D eigenvalue weighted by Crippen LogP contribution is -2.19. The third-order valence-corrected chi connectivity index (χ3v) is 3.07. The molecule has 19 heavy (non-hydrogen) atoms. The molecule has 0 atom stereocenters. The first-order valence-corrected chi connectivity index (χ1v) is 7.13. The summed E-state index contributed by atoms with van der Waals surface area (Å²) in [4.78, 5) is 15.5. The summed E-state index contributed by atoms with van der Waals surface area (Å²) in [6.45, 7) is 0.303. The van der Waals surface area contributed by atoms with Crippen LogP contribution in [0, 0.1) is 0 Å². The first-order chi connectivity index (χ1) is 8.83. The van der Waals surface area contributed by atoms with Gasteiger partial charge in [-0.1, -0.05) is 0 Å². The number of carbonyl (C=O) groups is 1. The van der Waals surface area contributed by atoms with E-state index < -0.39 is 16.0 Å². The molecular weight excluding hydrogens is 272 g/mol. The Hall–Kier alpha value is -1.87. The summed E-state index contributed by atoms with van der Waals surface area (Å²) in [5, 5.41) is 7.71. The molecule has 8 nitrogen and oxygen atoms in total. The number of nitrogen functional groups attached to an aromatic ring is 1. The highest BCUT2D eigenvalue weighted by molar-refractivity contribution is 7.89. The number of hydrogen-bond acceptors (Lipinski definition) is 7. The van der Waals surface area contributed by atoms with Crippen LogP contribution in [0.1, 0.15) is 16.8 Å². The highest BCUT2D eigenvalue weighted by atomic mass is 32.2. The van der Waals surface area contributed by atoms with E-state index in [2.05, 4.69) is 15.0 Å². The van der Waals surface area contributed by atoms with Gasteiger partial charge in [-0.25, -0.2) is 23.3 Å². The van der Waals surface area contributed by atoms with Crippen molar-refractivity contribution in [3.8, 4) is 0 Å². The molecule has 1 aromatic heterocycles. The fourth-order valence-corrected chi connectivity index (χ4v) is 1.91. The summed E-state index contributed by atoms with van der Waals surface area (Å²) < 4.78 is 26.1. The highest BCUT2D eigenvalue weighted by Gasteiger charge is 2.13. The van der Waals surface area contributed by atoms with Gasteiger partial charge in [0.25, 0.3) is 0 Å². The molecule has 0 bridgehead atoms. The molecule has 1 aromatic rings. The fraction of sp³-hybridized carbons (Fsp3) is 0.400. The number of esters is 1. The molecule has 0 aliphatic carbocycles. The number of nitrogens with two attached hydrogens (primary N) is 2. The van der Waals surface area contributed by atoms with E-state index in [9.17, 15) is 13.2 Å². The van der Waals surface area contributed by atoms with Crippen LogP contribution in [0.2, 0.25) is 0 Å². The molecule has 1 rings (SSSR count). The Morgan fingerprint density at radius 3 is 2.79 bits per heavy atom. The maximum atomic E-state index is 11.5. The van der Waals surface area contributed by atoms with Gasteiger partial charge in [-0.3, -0.25) is 0 Å². The van der Waals surface area contributed by atoms with Crippen molar-refractivity contribution >= 4 is 27.5 Å². The van der Waals surface area contributed by atoms with Crippen molar-refractivity contribution in [2.45, 2.75) is 6.42 Å². The molecule has 0 aliphatic rings. The summed E-state index contributed by atoms with van der Waals surface area (Å²) in [5.41, 5.74) is 6.06. The molecule has 0 saturated heterocycles. The van der Waals surface area contributed by atoms with Gasteiger partial charge >= 0.3 is 5.97 Å². The Morgan fingerprint density at radius 1 is 1.53 bits per heavy atom. The summed E-state index contributed by atoms with van der Waals surface area (Å²) in [7, 11) is -2.24. The largest absolute Gasteiger partial charge is 0.465 e. The van der Waals surface area contributed by atoms with Crippen LogP contribution in [0.3, 0.4) is 0 Å². The van der Waals surface area contributed by atoms with Crippen molar-refractivity contribution in [3.63, 3.8) is 0 Å². The van der Waals surface area contributed by atoms with E-state index in [-0.39, 0.29) is 17.1 Å². The van der Waals surface area contributed by atoms with Crippen LogP contribution in [-0.4, -0.2) is 38.8 Å². The van der Waals surface area contributed by atoms with E-state index >= 15 is 0 Å². The molecule has 9 heteroatoms. The predicted molar refractivity (Wildman–Crippen MR) is 71.1 cm³/mol. The zero-order chi connectivity index (χ0) is 14.5. The third kappa shape index (κ3) is 5.10. The minimum atomic E-state index is -3.49. The van der Waals surface area contributed by atoms with Gasteiger partial charge in [-0.15, -0.1) is 0 Å². The van der Waals surface area contributed by atoms with E-state index in [0.717, 1.165) is 0 Å². The van der Waals surface area contributed by atoms with E-state index in [4.69, 9.17) is 10.9 Å². The monoisotopic (exact) mass is 288 g/mol. The van der Waals surface area contributed by atoms with Gasteiger partial charge < -0.3 is 15.8 Å². The van der Waals surface area contributed by atoms with Crippen LogP contribution < -0.4 is 16.2 Å². The highest BCUT2D eigenvalue weighted by Crippen LogP contribution is 2.16. The van der Waals surface area contributed by atoms with Gasteiger partial charge in [0.1, 0.15) is 11.4 Å². The van der Waals surface area contributed by atoms with Crippen molar-refractivity contribution in [3.05, 3.63) is 17.8 Å². The van der Waals surface area contributed by atoms with E-state index in [1.807, 2.05) is 0 Å². The summed E-state index contributed by atoms with van der Waals surface area (Å²) in [6.07, 6.45) is 1.68. The lowest BCUT2D eigenvalue weighted by atomic mass is 10.2. The summed E-state index contributed by atoms with van der Waals surface area (Å²) in [6, 6.07) is 1.43. The summed E-state index contributed by atoms with van der Waals surface area (Å²) >= 11 is 0. The normalized spacial score (nSPS) is 11.1. The molecule has 0 spiro atoms. The Balaban J connectivity index is 2.70. The lowest BCUT2D eigenvalue weighted by Gasteiger charge is -2.10. The van der Waals surface area contributed by atoms with Crippen LogP contribution in [0.5, 0.6) is 0 Å². The van der Waals surface area contributed by atoms with Crippen molar-refractivity contribution in [1.29, 1.82) is 0 Å². The number of carbonyl (C=O) groups excluding carboxylic acids is 1. The number of hydrogen-bond donors (Lipinski definition) is 3. The number of primary sulfonamides is 1. The van der Waals surface area contributed by atoms with E-state index in [0.29, 0.717) is 18.7 Å². The second-order valence-electron chi connectivity index (χ2n) is 3.80. The van der Waals surface area contributed by atoms with Crippen molar-refractivity contribution in [2.24, 2.45) is 5.14 Å². The van der Waals surface area contributed by atoms with Crippen LogP contribution in [0.25, 0.3) is 0 Å². The number of methoxy groups -OCH3 is 1. The van der Waals surface area contributed by atoms with Crippen molar-refractivity contribution in [1.82, 2.24) is 4.98 Å². The Bertz CT molecular complexity index is 559. The quantitative estimate of drug-likeness (QED) is 0.475. The number of aromatic nitrogens is 1. The van der Waals surface area contributed by atoms with Gasteiger partial charge in [0, 0.05) is 6.54 Å². The van der Waals surface area contributed by atoms with Gasteiger partial charge in [0.15, 0.2) is 0 Å². The standard InChI is InChI=1S/C10H16N4O4S/c1-18-10(15)8-5-7(11)6-14-9(8)13-3-2-4-19(12,16)17/h5-6H,2-4,11H2,1H3,(H,13,14)(H2,12,16,17). The molecule has 0 aliphatic heterocycles. The lowest BCUT2D eigenvalue weighted by molar-refractivity contribution is 0.0601. The number of nitrogens with zero attached hydrogens (tertiary/aromatic N) is 1. The van der Waals surface area contributed by atoms with E-state index in [1.165, 1.54) is 19.4 Å². The molecule has 106 valence electrons. The average Bonchev–Trinajstić information content (AvgIpc) is 2.33. The number of ether oxygens (including phenoxy) is 1. The number of anilines is 2. The molecule has 0 amide bonds. The van der Waals surface area contributed by atoms with Gasteiger partial charge in [0.05, 0.1) is 24.7 Å². The molecule has 0 fully saturated rings. The SMILES string of the molecule is COC(=O)c1cc(N)cnc1NCCCS(N)(=O)=O. The van der Waals surface area contributed by atoms with Crippen LogP contribution in [-0.2, 0) is 14.8 Å². The number of sulfonamides is 1. The molecule has 1 heterocycles. The third-order valence-electron chi connectivity index (χ3n) is 2.21. The molecule has 0 saturated carbocycles. The zero-order valence-corrected chi connectivity index (χ0v) is 11.2. The minimum Gasteiger partial charge on any atom is -0.465 e. The Kier molecular flexibility index (Phi) is 5.07. The Morgan fingerprint density at radius 2 is 2.21 bits per heavy atom. The van der Waals surface area contributed by atoms with Gasteiger partial charge in [-0.05, 0) is 12.5 Å². The van der Waals surface area contributed by atoms with Crippen LogP contribution in [0.15, 0.2) is 12.3 Å². The topological polar surface area (TPSA) is 137 Å². The maximum Gasteiger partial charge on any atom is 0.341 e.